The van der Waals surface area contributed by atoms with E-state index in [9.17, 15) is 5.11 Å². The van der Waals surface area contributed by atoms with Crippen LogP contribution in [0.5, 0.6) is 5.75 Å². The average molecular weight is 333 g/mol. The predicted molar refractivity (Wildman–Crippen MR) is 98.5 cm³/mol. The van der Waals surface area contributed by atoms with Crippen LogP contribution >= 0.6 is 0 Å². The van der Waals surface area contributed by atoms with Crippen molar-refractivity contribution >= 4 is 5.96 Å². The van der Waals surface area contributed by atoms with Gasteiger partial charge in [-0.2, -0.15) is 0 Å². The van der Waals surface area contributed by atoms with E-state index in [-0.39, 0.29) is 23.7 Å². The number of aliphatic imine (C=N–C) groups is 1. The standard InChI is InChI=1S/C19H31N3O2/c1-6-20-17(21-12-18(2,3)13-23)22-15-11-19(4,5)24-16-10-8-7-9-14(15)16/h7-10,15,23H,6,11-13H2,1-5H3,(H2,20,21,22). The maximum Gasteiger partial charge on any atom is 0.191 e. The zero-order valence-corrected chi connectivity index (χ0v) is 15.5. The van der Waals surface area contributed by atoms with Crippen molar-refractivity contribution < 1.29 is 9.84 Å². The summed E-state index contributed by atoms with van der Waals surface area (Å²) in [6.07, 6.45) is 0.859. The van der Waals surface area contributed by atoms with Crippen LogP contribution in [0.3, 0.4) is 0 Å². The summed E-state index contributed by atoms with van der Waals surface area (Å²) < 4.78 is 6.09. The first kappa shape index (κ1) is 18.6. The minimum atomic E-state index is -0.228. The molecular formula is C19H31N3O2. The van der Waals surface area contributed by atoms with Gasteiger partial charge in [-0.25, -0.2) is 0 Å². The summed E-state index contributed by atoms with van der Waals surface area (Å²) in [7, 11) is 0. The maximum atomic E-state index is 9.43. The fourth-order valence-corrected chi connectivity index (χ4v) is 2.76. The molecule has 0 aliphatic carbocycles. The van der Waals surface area contributed by atoms with E-state index < -0.39 is 0 Å². The van der Waals surface area contributed by atoms with E-state index in [0.717, 1.165) is 30.2 Å². The molecule has 2 rings (SSSR count). The first-order valence-corrected chi connectivity index (χ1v) is 8.70. The Hall–Kier alpha value is -1.75. The van der Waals surface area contributed by atoms with Crippen molar-refractivity contribution in [3.05, 3.63) is 29.8 Å². The second-order valence-corrected chi connectivity index (χ2v) is 7.82. The van der Waals surface area contributed by atoms with Crippen LogP contribution in [-0.2, 0) is 0 Å². The van der Waals surface area contributed by atoms with Gasteiger partial charge in [0.15, 0.2) is 5.96 Å². The number of para-hydroxylation sites is 1. The summed E-state index contributed by atoms with van der Waals surface area (Å²) >= 11 is 0. The lowest BCUT2D eigenvalue weighted by atomic mass is 9.90. The van der Waals surface area contributed by atoms with E-state index >= 15 is 0 Å². The fourth-order valence-electron chi connectivity index (χ4n) is 2.76. The van der Waals surface area contributed by atoms with Gasteiger partial charge in [0.2, 0.25) is 0 Å². The lowest BCUT2D eigenvalue weighted by Gasteiger charge is -2.38. The minimum Gasteiger partial charge on any atom is -0.487 e. The molecule has 1 aromatic rings. The van der Waals surface area contributed by atoms with Gasteiger partial charge in [-0.3, -0.25) is 4.99 Å². The van der Waals surface area contributed by atoms with Crippen LogP contribution in [0.15, 0.2) is 29.3 Å². The number of fused-ring (bicyclic) bond motifs is 1. The molecule has 5 heteroatoms. The van der Waals surface area contributed by atoms with Crippen LogP contribution in [0, 0.1) is 5.41 Å². The lowest BCUT2D eigenvalue weighted by molar-refractivity contribution is 0.0694. The summed E-state index contributed by atoms with van der Waals surface area (Å²) in [5.74, 6) is 1.70. The second kappa shape index (κ2) is 7.43. The Balaban J connectivity index is 2.21. The zero-order chi connectivity index (χ0) is 17.8. The van der Waals surface area contributed by atoms with Crippen LogP contribution in [-0.4, -0.2) is 36.4 Å². The number of nitrogens with one attached hydrogen (secondary N) is 2. The summed E-state index contributed by atoms with van der Waals surface area (Å²) in [4.78, 5) is 4.66. The Morgan fingerprint density at radius 3 is 2.75 bits per heavy atom. The molecule has 1 heterocycles. The molecule has 5 nitrogen and oxygen atoms in total. The highest BCUT2D eigenvalue weighted by molar-refractivity contribution is 5.80. The summed E-state index contributed by atoms with van der Waals surface area (Å²) in [6.45, 7) is 11.7. The number of benzene rings is 1. The van der Waals surface area contributed by atoms with Crippen molar-refractivity contribution in [1.82, 2.24) is 10.6 Å². The van der Waals surface area contributed by atoms with Gasteiger partial charge in [-0.15, -0.1) is 0 Å². The van der Waals surface area contributed by atoms with Crippen molar-refractivity contribution in [2.75, 3.05) is 19.7 Å². The molecule has 0 fully saturated rings. The minimum absolute atomic E-state index is 0.114. The van der Waals surface area contributed by atoms with Gasteiger partial charge >= 0.3 is 0 Å². The second-order valence-electron chi connectivity index (χ2n) is 7.82. The van der Waals surface area contributed by atoms with Gasteiger partial charge in [-0.05, 0) is 26.8 Å². The number of aliphatic hydroxyl groups excluding tert-OH is 1. The number of ether oxygens (including phenoxy) is 1. The number of guanidine groups is 1. The van der Waals surface area contributed by atoms with Crippen molar-refractivity contribution in [3.8, 4) is 5.75 Å². The van der Waals surface area contributed by atoms with Crippen molar-refractivity contribution in [2.45, 2.75) is 52.7 Å². The van der Waals surface area contributed by atoms with Crippen LogP contribution in [0.4, 0.5) is 0 Å². The largest absolute Gasteiger partial charge is 0.487 e. The first-order valence-electron chi connectivity index (χ1n) is 8.70. The molecule has 3 N–H and O–H groups in total. The normalized spacial score (nSPS) is 20.1. The molecule has 1 unspecified atom stereocenters. The monoisotopic (exact) mass is 333 g/mol. The average Bonchev–Trinajstić information content (AvgIpc) is 2.52. The zero-order valence-electron chi connectivity index (χ0n) is 15.5. The molecule has 0 spiro atoms. The van der Waals surface area contributed by atoms with Crippen molar-refractivity contribution in [3.63, 3.8) is 0 Å². The number of rotatable bonds is 5. The quantitative estimate of drug-likeness (QED) is 0.573. The highest BCUT2D eigenvalue weighted by Gasteiger charge is 2.34. The highest BCUT2D eigenvalue weighted by Crippen LogP contribution is 2.39. The third kappa shape index (κ3) is 4.87. The first-order chi connectivity index (χ1) is 11.3. The molecule has 1 aliphatic rings. The third-order valence-electron chi connectivity index (χ3n) is 4.12. The highest BCUT2D eigenvalue weighted by atomic mass is 16.5. The lowest BCUT2D eigenvalue weighted by Crippen LogP contribution is -2.45. The summed E-state index contributed by atoms with van der Waals surface area (Å²) in [5, 5.41) is 16.3. The molecule has 0 amide bonds. The van der Waals surface area contributed by atoms with Gasteiger partial charge < -0.3 is 20.5 Å². The van der Waals surface area contributed by atoms with Crippen LogP contribution < -0.4 is 15.4 Å². The number of hydrogen-bond acceptors (Lipinski definition) is 3. The molecule has 0 bridgehead atoms. The molecule has 1 aromatic carbocycles. The Labute approximate surface area is 145 Å². The van der Waals surface area contributed by atoms with E-state index in [0.29, 0.717) is 6.54 Å². The van der Waals surface area contributed by atoms with Crippen LogP contribution in [0.2, 0.25) is 0 Å². The van der Waals surface area contributed by atoms with Crippen molar-refractivity contribution in [2.24, 2.45) is 10.4 Å². The maximum absolute atomic E-state index is 9.43. The van der Waals surface area contributed by atoms with Crippen molar-refractivity contribution in [1.29, 1.82) is 0 Å². The molecule has 1 aliphatic heterocycles. The fraction of sp³-hybridized carbons (Fsp3) is 0.632. The molecule has 0 saturated carbocycles. The van der Waals surface area contributed by atoms with E-state index in [1.165, 1.54) is 0 Å². The Kier molecular flexibility index (Phi) is 5.75. The number of aliphatic hydroxyl groups is 1. The van der Waals surface area contributed by atoms with E-state index in [2.05, 4.69) is 42.5 Å². The SMILES string of the molecule is CCNC(=NCC(C)(C)CO)NC1CC(C)(C)Oc2ccccc21. The number of hydrogen-bond donors (Lipinski definition) is 3. The molecular weight excluding hydrogens is 302 g/mol. The van der Waals surface area contributed by atoms with Gasteiger partial charge in [0.1, 0.15) is 11.4 Å². The molecule has 134 valence electrons. The molecule has 0 radical (unpaired) electrons. The molecule has 0 saturated heterocycles. The van der Waals surface area contributed by atoms with E-state index in [1.807, 2.05) is 32.0 Å². The van der Waals surface area contributed by atoms with Crippen LogP contribution in [0.1, 0.15) is 52.6 Å². The van der Waals surface area contributed by atoms with Gasteiger partial charge in [0.25, 0.3) is 0 Å². The summed E-state index contributed by atoms with van der Waals surface area (Å²) in [6, 6.07) is 8.29. The van der Waals surface area contributed by atoms with E-state index in [1.54, 1.807) is 0 Å². The Bertz CT molecular complexity index is 582. The van der Waals surface area contributed by atoms with E-state index in [4.69, 9.17) is 4.74 Å². The van der Waals surface area contributed by atoms with Gasteiger partial charge in [-0.1, -0.05) is 32.0 Å². The third-order valence-corrected chi connectivity index (χ3v) is 4.12. The smallest absolute Gasteiger partial charge is 0.191 e. The molecule has 24 heavy (non-hydrogen) atoms. The van der Waals surface area contributed by atoms with Gasteiger partial charge in [0.05, 0.1) is 12.6 Å². The van der Waals surface area contributed by atoms with Crippen LogP contribution in [0.25, 0.3) is 0 Å². The van der Waals surface area contributed by atoms with Gasteiger partial charge in [0, 0.05) is 30.6 Å². The summed E-state index contributed by atoms with van der Waals surface area (Å²) in [5.41, 5.74) is 0.701. The predicted octanol–water partition coefficient (Wildman–Crippen LogP) is 2.86. The molecule has 0 aromatic heterocycles. The Morgan fingerprint density at radius 1 is 1.38 bits per heavy atom. The molecule has 1 atom stereocenters. The number of nitrogens with zero attached hydrogens (tertiary/aromatic N) is 1. The topological polar surface area (TPSA) is 65.9 Å². The Morgan fingerprint density at radius 2 is 2.08 bits per heavy atom.